The van der Waals surface area contributed by atoms with Crippen LogP contribution in [0.3, 0.4) is 0 Å². The molecule has 0 amide bonds. The van der Waals surface area contributed by atoms with Gasteiger partial charge in [0.15, 0.2) is 0 Å². The van der Waals surface area contributed by atoms with Crippen LogP contribution in [0.25, 0.3) is 0 Å². The summed E-state index contributed by atoms with van der Waals surface area (Å²) in [6.07, 6.45) is 0. The molecule has 0 aliphatic heterocycles. The van der Waals surface area contributed by atoms with Crippen LogP contribution in [-0.4, -0.2) is 22.8 Å². The fraction of sp³-hybridized carbons (Fsp3) is 0.500. The Morgan fingerprint density at radius 2 is 2.14 bits per heavy atom. The van der Waals surface area contributed by atoms with Gasteiger partial charge in [-0.2, -0.15) is 0 Å². The molecule has 0 radical (unpaired) electrons. The van der Waals surface area contributed by atoms with Crippen LogP contribution in [0, 0.1) is 0 Å². The molecule has 0 heterocycles. The summed E-state index contributed by atoms with van der Waals surface area (Å²) in [6.45, 7) is 0. The lowest BCUT2D eigenvalue weighted by molar-refractivity contribution is 0.392. The maximum atomic E-state index is 9.78. The van der Waals surface area contributed by atoms with Crippen LogP contribution in [0.2, 0.25) is 0 Å². The Bertz CT molecular complexity index is 114. The van der Waals surface area contributed by atoms with Crippen molar-refractivity contribution in [3.8, 4) is 0 Å². The van der Waals surface area contributed by atoms with Gasteiger partial charge in [-0.1, -0.05) is 0 Å². The van der Waals surface area contributed by atoms with E-state index >= 15 is 0 Å². The zero-order valence-electron chi connectivity index (χ0n) is 3.77. The Morgan fingerprint density at radius 1 is 1.71 bits per heavy atom. The minimum atomic E-state index is -3.96. The van der Waals surface area contributed by atoms with Gasteiger partial charge >= 0.3 is 7.60 Å². The van der Waals surface area contributed by atoms with Crippen LogP contribution in [0.5, 0.6) is 0 Å². The second-order valence-corrected chi connectivity index (χ2v) is 2.37. The van der Waals surface area contributed by atoms with E-state index in [1.807, 2.05) is 0 Å². The van der Waals surface area contributed by atoms with Crippen LogP contribution < -0.4 is 0 Å². The molecule has 0 aromatic rings. The standard InChI is InChI=1S/C2H6NO3P/c1-3-2-7(4,5)6/h2H,1H3,(H2,4,5,6). The number of aliphatic imine (C=N–C) groups is 1. The third-order valence-corrected chi connectivity index (χ3v) is 0.798. The summed E-state index contributed by atoms with van der Waals surface area (Å²) in [4.78, 5) is 19.1. The molecule has 0 fully saturated rings. The van der Waals surface area contributed by atoms with E-state index in [4.69, 9.17) is 9.79 Å². The molecular weight excluding hydrogens is 117 g/mol. The fourth-order valence-corrected chi connectivity index (χ4v) is 0.451. The minimum Gasteiger partial charge on any atom is -0.320 e. The van der Waals surface area contributed by atoms with E-state index in [0.717, 1.165) is 0 Å². The van der Waals surface area contributed by atoms with Crippen molar-refractivity contribution in [1.82, 2.24) is 0 Å². The SMILES string of the molecule is CN=CP(=O)(O)O. The molecule has 0 saturated heterocycles. The van der Waals surface area contributed by atoms with Crippen LogP contribution in [0.4, 0.5) is 0 Å². The van der Waals surface area contributed by atoms with E-state index in [-0.39, 0.29) is 0 Å². The summed E-state index contributed by atoms with van der Waals surface area (Å²) in [5.74, 6) is 0.604. The van der Waals surface area contributed by atoms with Crippen molar-refractivity contribution in [2.24, 2.45) is 4.99 Å². The van der Waals surface area contributed by atoms with Crippen LogP contribution >= 0.6 is 7.60 Å². The van der Waals surface area contributed by atoms with Gasteiger partial charge in [-0.25, -0.2) is 0 Å². The lowest BCUT2D eigenvalue weighted by Gasteiger charge is -1.88. The summed E-state index contributed by atoms with van der Waals surface area (Å²) >= 11 is 0. The average molecular weight is 123 g/mol. The first-order valence-corrected chi connectivity index (χ1v) is 3.23. The quantitative estimate of drug-likeness (QED) is 0.375. The van der Waals surface area contributed by atoms with Gasteiger partial charge in [0.1, 0.15) is 5.96 Å². The Labute approximate surface area is 41.1 Å². The number of rotatable bonds is 1. The molecule has 4 nitrogen and oxygen atoms in total. The highest BCUT2D eigenvalue weighted by Crippen LogP contribution is 2.29. The van der Waals surface area contributed by atoms with Crippen molar-refractivity contribution in [3.63, 3.8) is 0 Å². The highest BCUT2D eigenvalue weighted by Gasteiger charge is 2.04. The summed E-state index contributed by atoms with van der Waals surface area (Å²) in [5, 5.41) is 0. The molecule has 0 rings (SSSR count). The van der Waals surface area contributed by atoms with Crippen molar-refractivity contribution in [2.45, 2.75) is 0 Å². The first kappa shape index (κ1) is 6.82. The highest BCUT2D eigenvalue weighted by molar-refractivity contribution is 7.67. The zero-order valence-corrected chi connectivity index (χ0v) is 4.67. The molecular formula is C2H6NO3P. The monoisotopic (exact) mass is 123 g/mol. The van der Waals surface area contributed by atoms with E-state index in [9.17, 15) is 4.57 Å². The van der Waals surface area contributed by atoms with Crippen LogP contribution in [-0.2, 0) is 4.57 Å². The Kier molecular flexibility index (Phi) is 2.15. The van der Waals surface area contributed by atoms with Crippen molar-refractivity contribution in [3.05, 3.63) is 0 Å². The molecule has 0 aromatic carbocycles. The molecule has 5 heteroatoms. The first-order chi connectivity index (χ1) is 3.06. The topological polar surface area (TPSA) is 69.9 Å². The Morgan fingerprint density at radius 3 is 2.14 bits per heavy atom. The Hall–Kier alpha value is -0.180. The maximum Gasteiger partial charge on any atom is 0.366 e. The van der Waals surface area contributed by atoms with Gasteiger partial charge < -0.3 is 9.79 Å². The van der Waals surface area contributed by atoms with Gasteiger partial charge in [-0.15, -0.1) is 0 Å². The molecule has 0 bridgehead atoms. The molecule has 0 aliphatic carbocycles. The largest absolute Gasteiger partial charge is 0.366 e. The third-order valence-electron chi connectivity index (χ3n) is 0.266. The molecule has 0 saturated carbocycles. The van der Waals surface area contributed by atoms with E-state index in [1.54, 1.807) is 0 Å². The van der Waals surface area contributed by atoms with E-state index < -0.39 is 7.60 Å². The lowest BCUT2D eigenvalue weighted by Crippen LogP contribution is -1.74. The van der Waals surface area contributed by atoms with Gasteiger partial charge in [0.05, 0.1) is 0 Å². The summed E-state index contributed by atoms with van der Waals surface area (Å²) in [5.41, 5.74) is 0. The molecule has 0 spiro atoms. The van der Waals surface area contributed by atoms with Crippen molar-refractivity contribution < 1.29 is 14.4 Å². The van der Waals surface area contributed by atoms with Crippen LogP contribution in [0.15, 0.2) is 4.99 Å². The summed E-state index contributed by atoms with van der Waals surface area (Å²) in [7, 11) is -2.65. The molecule has 0 aromatic heterocycles. The maximum absolute atomic E-state index is 9.78. The van der Waals surface area contributed by atoms with Gasteiger partial charge in [0.2, 0.25) is 0 Å². The molecule has 0 aliphatic rings. The predicted molar refractivity (Wildman–Crippen MR) is 26.5 cm³/mol. The molecule has 2 N–H and O–H groups in total. The van der Waals surface area contributed by atoms with E-state index in [2.05, 4.69) is 4.99 Å². The summed E-state index contributed by atoms with van der Waals surface area (Å²) in [6, 6.07) is 0. The van der Waals surface area contributed by atoms with Gasteiger partial charge in [0, 0.05) is 7.05 Å². The molecule has 0 atom stereocenters. The van der Waals surface area contributed by atoms with Crippen molar-refractivity contribution in [2.75, 3.05) is 7.05 Å². The average Bonchev–Trinajstić information content (AvgIpc) is 1.30. The van der Waals surface area contributed by atoms with Crippen molar-refractivity contribution in [1.29, 1.82) is 0 Å². The minimum absolute atomic E-state index is 0.604. The number of hydrogen-bond donors (Lipinski definition) is 2. The fourth-order valence-electron chi connectivity index (χ4n) is 0.150. The normalized spacial score (nSPS) is 13.0. The second kappa shape index (κ2) is 2.21. The van der Waals surface area contributed by atoms with Crippen molar-refractivity contribution >= 4 is 13.6 Å². The molecule has 0 unspecified atom stereocenters. The third kappa shape index (κ3) is 5.82. The number of nitrogens with zero attached hydrogens (tertiary/aromatic N) is 1. The van der Waals surface area contributed by atoms with Gasteiger partial charge in [-0.3, -0.25) is 9.56 Å². The lowest BCUT2D eigenvalue weighted by atomic mass is 11.4. The first-order valence-electron chi connectivity index (χ1n) is 1.55. The Balaban J connectivity index is 3.82. The van der Waals surface area contributed by atoms with Gasteiger partial charge in [0.25, 0.3) is 0 Å². The van der Waals surface area contributed by atoms with Gasteiger partial charge in [-0.05, 0) is 0 Å². The predicted octanol–water partition coefficient (Wildman–Crippen LogP) is -0.178. The number of hydrogen-bond acceptors (Lipinski definition) is 2. The zero-order chi connectivity index (χ0) is 5.91. The molecule has 7 heavy (non-hydrogen) atoms. The highest BCUT2D eigenvalue weighted by atomic mass is 31.2. The van der Waals surface area contributed by atoms with E-state index in [0.29, 0.717) is 5.96 Å². The molecule has 42 valence electrons. The smallest absolute Gasteiger partial charge is 0.320 e. The van der Waals surface area contributed by atoms with Crippen LogP contribution in [0.1, 0.15) is 0 Å². The summed E-state index contributed by atoms with van der Waals surface area (Å²) < 4.78 is 9.78. The second-order valence-electron chi connectivity index (χ2n) is 0.963. The van der Waals surface area contributed by atoms with E-state index in [1.165, 1.54) is 7.05 Å².